The summed E-state index contributed by atoms with van der Waals surface area (Å²) in [4.78, 5) is 11.2. The first kappa shape index (κ1) is 12.5. The zero-order valence-corrected chi connectivity index (χ0v) is 10.7. The molecule has 1 N–H and O–H groups in total. The van der Waals surface area contributed by atoms with Crippen molar-refractivity contribution < 1.29 is 14.3 Å². The molecule has 0 aromatic heterocycles. The number of carbonyl (C=O) groups excluding carboxylic acids is 1. The molecule has 1 aromatic rings. The number of nitrogens with one attached hydrogen (secondary N) is 1. The van der Waals surface area contributed by atoms with Crippen molar-refractivity contribution in [3.05, 3.63) is 35.9 Å². The number of methoxy groups -OCH3 is 1. The molecule has 1 heterocycles. The number of fused-ring (bicyclic) bond motifs is 1. The first-order valence-corrected chi connectivity index (χ1v) is 5.90. The van der Waals surface area contributed by atoms with Gasteiger partial charge in [-0.3, -0.25) is 4.79 Å². The van der Waals surface area contributed by atoms with Gasteiger partial charge in [0, 0.05) is 24.1 Å². The number of carbonyl (C=O) groups is 1. The summed E-state index contributed by atoms with van der Waals surface area (Å²) in [5.74, 6) is 1.45. The average molecular weight is 247 g/mol. The summed E-state index contributed by atoms with van der Waals surface area (Å²) in [7, 11) is 1.62. The molecule has 4 nitrogen and oxygen atoms in total. The molecule has 1 aromatic carbocycles. The molecule has 0 saturated heterocycles. The molecule has 0 aliphatic carbocycles. The van der Waals surface area contributed by atoms with E-state index in [4.69, 9.17) is 9.47 Å². The van der Waals surface area contributed by atoms with Gasteiger partial charge in [0.15, 0.2) is 0 Å². The van der Waals surface area contributed by atoms with Gasteiger partial charge in [-0.1, -0.05) is 6.58 Å². The fraction of sp³-hybridized carbons (Fsp3) is 0.357. The van der Waals surface area contributed by atoms with E-state index in [0.717, 1.165) is 29.0 Å². The van der Waals surface area contributed by atoms with Crippen LogP contribution in [0.25, 0.3) is 0 Å². The second-order valence-corrected chi connectivity index (χ2v) is 4.33. The minimum atomic E-state index is -0.202. The summed E-state index contributed by atoms with van der Waals surface area (Å²) in [6, 6.07) is 3.91. The highest BCUT2D eigenvalue weighted by Gasteiger charge is 2.21. The van der Waals surface area contributed by atoms with Crippen LogP contribution in [0.4, 0.5) is 0 Å². The third-order valence-corrected chi connectivity index (χ3v) is 2.94. The molecular formula is C14H17NO3. The van der Waals surface area contributed by atoms with Gasteiger partial charge in [-0.05, 0) is 25.1 Å². The van der Waals surface area contributed by atoms with Gasteiger partial charge in [0.2, 0.25) is 5.91 Å². The molecule has 4 heteroatoms. The van der Waals surface area contributed by atoms with E-state index >= 15 is 0 Å². The zero-order valence-electron chi connectivity index (χ0n) is 10.7. The fourth-order valence-corrected chi connectivity index (χ4v) is 2.06. The third kappa shape index (κ3) is 2.47. The molecule has 1 aliphatic heterocycles. The molecule has 1 aliphatic rings. The van der Waals surface area contributed by atoms with Gasteiger partial charge >= 0.3 is 0 Å². The quantitative estimate of drug-likeness (QED) is 0.826. The van der Waals surface area contributed by atoms with Crippen molar-refractivity contribution in [3.63, 3.8) is 0 Å². The topological polar surface area (TPSA) is 47.6 Å². The second-order valence-electron chi connectivity index (χ2n) is 4.33. The largest absolute Gasteiger partial charge is 0.496 e. The van der Waals surface area contributed by atoms with Gasteiger partial charge in [-0.15, -0.1) is 0 Å². The standard InChI is InChI=1S/C14H17NO3/c1-4-14(16)15-8-11-7-13-10(5-9(2)18-13)6-12(11)17-3/h4,6-7,9H,1,5,8H2,2-3H3,(H,15,16)/t9-/m0/s1. The number of benzene rings is 1. The predicted octanol–water partition coefficient (Wildman–Crippen LogP) is 1.82. The highest BCUT2D eigenvalue weighted by atomic mass is 16.5. The molecule has 1 atom stereocenters. The Balaban J connectivity index is 2.21. The minimum Gasteiger partial charge on any atom is -0.496 e. The van der Waals surface area contributed by atoms with Crippen LogP contribution in [0.5, 0.6) is 11.5 Å². The average Bonchev–Trinajstić information content (AvgIpc) is 2.73. The van der Waals surface area contributed by atoms with Crippen LogP contribution in [0.3, 0.4) is 0 Å². The van der Waals surface area contributed by atoms with Crippen LogP contribution in [0, 0.1) is 0 Å². The van der Waals surface area contributed by atoms with Gasteiger partial charge in [0.05, 0.1) is 7.11 Å². The van der Waals surface area contributed by atoms with Gasteiger partial charge in [0.1, 0.15) is 17.6 Å². The normalized spacial score (nSPS) is 16.7. The van der Waals surface area contributed by atoms with E-state index in [1.165, 1.54) is 6.08 Å². The third-order valence-electron chi connectivity index (χ3n) is 2.94. The van der Waals surface area contributed by atoms with Crippen LogP contribution in [-0.2, 0) is 17.8 Å². The van der Waals surface area contributed by atoms with Crippen LogP contribution in [0.2, 0.25) is 0 Å². The predicted molar refractivity (Wildman–Crippen MR) is 68.8 cm³/mol. The number of amides is 1. The molecule has 1 amide bonds. The number of ether oxygens (including phenoxy) is 2. The lowest BCUT2D eigenvalue weighted by Crippen LogP contribution is -2.20. The fourth-order valence-electron chi connectivity index (χ4n) is 2.06. The molecule has 18 heavy (non-hydrogen) atoms. The summed E-state index contributed by atoms with van der Waals surface area (Å²) >= 11 is 0. The van der Waals surface area contributed by atoms with E-state index in [1.54, 1.807) is 7.11 Å². The van der Waals surface area contributed by atoms with Gasteiger partial charge < -0.3 is 14.8 Å². The maximum atomic E-state index is 11.2. The molecular weight excluding hydrogens is 230 g/mol. The molecule has 0 radical (unpaired) electrons. The first-order valence-electron chi connectivity index (χ1n) is 5.90. The maximum Gasteiger partial charge on any atom is 0.243 e. The van der Waals surface area contributed by atoms with Crippen LogP contribution < -0.4 is 14.8 Å². The SMILES string of the molecule is C=CC(=O)NCc1cc2c(cc1OC)C[C@H](C)O2. The summed E-state index contributed by atoms with van der Waals surface area (Å²) in [6.45, 7) is 5.85. The Labute approximate surface area is 107 Å². The van der Waals surface area contributed by atoms with Crippen molar-refractivity contribution in [1.29, 1.82) is 0 Å². The number of hydrogen-bond acceptors (Lipinski definition) is 3. The molecule has 0 spiro atoms. The lowest BCUT2D eigenvalue weighted by molar-refractivity contribution is -0.116. The lowest BCUT2D eigenvalue weighted by Gasteiger charge is -2.11. The Morgan fingerprint density at radius 2 is 2.44 bits per heavy atom. The Hall–Kier alpha value is -1.97. The lowest BCUT2D eigenvalue weighted by atomic mass is 10.1. The van der Waals surface area contributed by atoms with E-state index < -0.39 is 0 Å². The van der Waals surface area contributed by atoms with Gasteiger partial charge in [-0.25, -0.2) is 0 Å². The van der Waals surface area contributed by atoms with Crippen LogP contribution >= 0.6 is 0 Å². The summed E-state index contributed by atoms with van der Waals surface area (Å²) in [6.07, 6.45) is 2.34. The van der Waals surface area contributed by atoms with E-state index in [9.17, 15) is 4.79 Å². The molecule has 0 saturated carbocycles. The molecule has 0 fully saturated rings. The van der Waals surface area contributed by atoms with E-state index in [-0.39, 0.29) is 12.0 Å². The highest BCUT2D eigenvalue weighted by molar-refractivity contribution is 5.86. The zero-order chi connectivity index (χ0) is 13.1. The van der Waals surface area contributed by atoms with Crippen molar-refractivity contribution in [2.75, 3.05) is 7.11 Å². The van der Waals surface area contributed by atoms with E-state index in [1.807, 2.05) is 19.1 Å². The Kier molecular flexibility index (Phi) is 3.55. The number of hydrogen-bond donors (Lipinski definition) is 1. The van der Waals surface area contributed by atoms with Crippen LogP contribution in [-0.4, -0.2) is 19.1 Å². The summed E-state index contributed by atoms with van der Waals surface area (Å²) in [5.41, 5.74) is 2.05. The second kappa shape index (κ2) is 5.12. The molecule has 0 bridgehead atoms. The number of rotatable bonds is 4. The smallest absolute Gasteiger partial charge is 0.243 e. The van der Waals surface area contributed by atoms with Crippen molar-refractivity contribution in [3.8, 4) is 11.5 Å². The summed E-state index contributed by atoms with van der Waals surface area (Å²) in [5, 5.41) is 2.73. The Morgan fingerprint density at radius 3 is 3.11 bits per heavy atom. The maximum absolute atomic E-state index is 11.2. The molecule has 0 unspecified atom stereocenters. The van der Waals surface area contributed by atoms with Crippen LogP contribution in [0.15, 0.2) is 24.8 Å². The van der Waals surface area contributed by atoms with Gasteiger partial charge in [-0.2, -0.15) is 0 Å². The monoisotopic (exact) mass is 247 g/mol. The van der Waals surface area contributed by atoms with E-state index in [2.05, 4.69) is 11.9 Å². The summed E-state index contributed by atoms with van der Waals surface area (Å²) < 4.78 is 11.0. The van der Waals surface area contributed by atoms with Crippen LogP contribution in [0.1, 0.15) is 18.1 Å². The Bertz CT molecular complexity index is 482. The van der Waals surface area contributed by atoms with Crippen molar-refractivity contribution in [1.82, 2.24) is 5.32 Å². The van der Waals surface area contributed by atoms with Gasteiger partial charge in [0.25, 0.3) is 0 Å². The molecule has 2 rings (SSSR count). The Morgan fingerprint density at radius 1 is 1.67 bits per heavy atom. The van der Waals surface area contributed by atoms with E-state index in [0.29, 0.717) is 6.54 Å². The highest BCUT2D eigenvalue weighted by Crippen LogP contribution is 2.34. The first-order chi connectivity index (χ1) is 8.63. The van der Waals surface area contributed by atoms with Crippen molar-refractivity contribution in [2.24, 2.45) is 0 Å². The molecule has 96 valence electrons. The minimum absolute atomic E-state index is 0.197. The van der Waals surface area contributed by atoms with Crippen molar-refractivity contribution in [2.45, 2.75) is 26.0 Å². The van der Waals surface area contributed by atoms with Crippen molar-refractivity contribution >= 4 is 5.91 Å².